The molecule has 1 fully saturated rings. The van der Waals surface area contributed by atoms with Crippen LogP contribution in [0, 0.1) is 0 Å². The number of aliphatic hydroxyl groups is 3. The van der Waals surface area contributed by atoms with Crippen molar-refractivity contribution in [3.8, 4) is 0 Å². The summed E-state index contributed by atoms with van der Waals surface area (Å²) >= 11 is 4.80. The maximum atomic E-state index is 12.5. The maximum Gasteiger partial charge on any atom is 0.254 e. The van der Waals surface area contributed by atoms with Crippen molar-refractivity contribution in [2.24, 2.45) is 0 Å². The fraction of sp³-hybridized carbons (Fsp3) is 0.688. The lowest BCUT2D eigenvalue weighted by atomic mass is 10.00. The predicted molar refractivity (Wildman–Crippen MR) is 95.1 cm³/mol. The van der Waals surface area contributed by atoms with E-state index in [2.05, 4.69) is 15.4 Å². The minimum absolute atomic E-state index is 0.0297. The molecular weight excluding hydrogens is 362 g/mol. The molecule has 146 valence electrons. The first-order valence-corrected chi connectivity index (χ1v) is 9.04. The number of aromatic amines is 1. The normalized spacial score (nSPS) is 27.0. The van der Waals surface area contributed by atoms with Crippen LogP contribution in [0.1, 0.15) is 43.8 Å². The first kappa shape index (κ1) is 20.9. The van der Waals surface area contributed by atoms with Crippen molar-refractivity contribution < 1.29 is 29.7 Å². The van der Waals surface area contributed by atoms with Gasteiger partial charge in [0.1, 0.15) is 18.0 Å². The van der Waals surface area contributed by atoms with E-state index in [1.807, 2.05) is 0 Å². The van der Waals surface area contributed by atoms with Gasteiger partial charge in [-0.05, 0) is 24.6 Å². The Bertz CT molecular complexity index is 558. The monoisotopic (exact) mass is 387 g/mol. The van der Waals surface area contributed by atoms with E-state index in [0.29, 0.717) is 12.2 Å². The molecule has 0 radical (unpaired) electrons. The fourth-order valence-electron chi connectivity index (χ4n) is 2.77. The van der Waals surface area contributed by atoms with Crippen molar-refractivity contribution >= 4 is 23.5 Å². The van der Waals surface area contributed by atoms with Crippen LogP contribution in [0.25, 0.3) is 0 Å². The molecule has 5 N–H and O–H groups in total. The third-order valence-electron chi connectivity index (χ3n) is 4.24. The van der Waals surface area contributed by atoms with Crippen molar-refractivity contribution in [3.05, 3.63) is 18.2 Å². The zero-order valence-corrected chi connectivity index (χ0v) is 15.1. The van der Waals surface area contributed by atoms with Gasteiger partial charge in [-0.2, -0.15) is 0 Å². The zero-order chi connectivity index (χ0) is 18.9. The Hall–Kier alpha value is -1.43. The summed E-state index contributed by atoms with van der Waals surface area (Å²) in [6.07, 6.45) is 1.96. The summed E-state index contributed by atoms with van der Waals surface area (Å²) in [4.78, 5) is 24.8. The minimum Gasteiger partial charge on any atom is -0.394 e. The lowest BCUT2D eigenvalue weighted by molar-refractivity contribution is -0.272. The number of unbranched alkanes of at least 4 members (excludes halogenated alkanes) is 2. The third kappa shape index (κ3) is 5.79. The van der Waals surface area contributed by atoms with Crippen molar-refractivity contribution in [3.63, 3.8) is 0 Å². The van der Waals surface area contributed by atoms with E-state index in [1.165, 1.54) is 0 Å². The Morgan fingerprint density at radius 1 is 1.54 bits per heavy atom. The predicted octanol–water partition coefficient (Wildman–Crippen LogP) is -0.0697. The Morgan fingerprint density at radius 3 is 3.00 bits per heavy atom. The number of aromatic nitrogens is 2. The number of carbonyl (C=O) groups is 1. The highest BCUT2D eigenvalue weighted by Crippen LogP contribution is 2.22. The second kappa shape index (κ2) is 10.7. The molecule has 0 aromatic carbocycles. The molecule has 2 rings (SSSR count). The van der Waals surface area contributed by atoms with Gasteiger partial charge >= 0.3 is 0 Å². The summed E-state index contributed by atoms with van der Waals surface area (Å²) in [5, 5.41) is 30.3. The standard InChI is InChI=1S/C16H25N3O6S/c20-9-12-14(22)11(21)8-13(24-12)25-19-16(23)10(4-2-1-3-7-26)15-17-5-6-18-15/h5-7,10-14,20-22H,1-4,8-9H2,(H,17,18)(H,19,23)/t10?,11-,12-,13?,14+/m1/s1. The minimum atomic E-state index is -1.20. The number of ether oxygens (including phenoxy) is 1. The van der Waals surface area contributed by atoms with E-state index >= 15 is 0 Å². The van der Waals surface area contributed by atoms with Crippen molar-refractivity contribution in [2.45, 2.75) is 62.6 Å². The number of hydrogen-bond donors (Lipinski definition) is 5. The molecule has 0 bridgehead atoms. The summed E-state index contributed by atoms with van der Waals surface area (Å²) in [6, 6.07) is 0. The number of thiocarbonyl (C=S) groups is 1. The Morgan fingerprint density at radius 2 is 2.35 bits per heavy atom. The van der Waals surface area contributed by atoms with Gasteiger partial charge in [0.05, 0.1) is 18.6 Å². The average molecular weight is 387 g/mol. The Balaban J connectivity index is 1.89. The SMILES string of the molecule is O=C(NOC1C[C@@H](O)[C@H](O)[C@@H](CO)O1)C(CCCCC=S)c1ncc[nH]1. The number of nitrogens with zero attached hydrogens (tertiary/aromatic N) is 1. The first-order chi connectivity index (χ1) is 12.6. The number of hydroxylamine groups is 1. The molecule has 2 unspecified atom stereocenters. The molecule has 1 aliphatic heterocycles. The van der Waals surface area contributed by atoms with Crippen LogP contribution in [0.15, 0.2) is 12.4 Å². The van der Waals surface area contributed by atoms with Gasteiger partial charge in [-0.1, -0.05) is 18.6 Å². The van der Waals surface area contributed by atoms with E-state index in [0.717, 1.165) is 19.3 Å². The van der Waals surface area contributed by atoms with Crippen LogP contribution >= 0.6 is 12.2 Å². The highest BCUT2D eigenvalue weighted by Gasteiger charge is 2.37. The van der Waals surface area contributed by atoms with Crippen LogP contribution in [0.4, 0.5) is 0 Å². The zero-order valence-electron chi connectivity index (χ0n) is 14.3. The molecule has 26 heavy (non-hydrogen) atoms. The van der Waals surface area contributed by atoms with Crippen LogP contribution in [-0.4, -0.2) is 67.8 Å². The summed E-state index contributed by atoms with van der Waals surface area (Å²) in [5.41, 5.74) is 2.33. The van der Waals surface area contributed by atoms with Crippen LogP contribution < -0.4 is 5.48 Å². The van der Waals surface area contributed by atoms with Crippen LogP contribution in [-0.2, 0) is 14.4 Å². The fourth-order valence-corrected chi connectivity index (χ4v) is 2.94. The van der Waals surface area contributed by atoms with Gasteiger partial charge in [0, 0.05) is 18.8 Å². The number of nitrogens with one attached hydrogen (secondary N) is 2. The lowest BCUT2D eigenvalue weighted by Gasteiger charge is -2.35. The topological polar surface area (TPSA) is 137 Å². The average Bonchev–Trinajstić information content (AvgIpc) is 3.16. The lowest BCUT2D eigenvalue weighted by Crippen LogP contribution is -2.52. The summed E-state index contributed by atoms with van der Waals surface area (Å²) < 4.78 is 5.32. The molecule has 9 nitrogen and oxygen atoms in total. The molecule has 2 heterocycles. The number of rotatable bonds is 10. The number of aliphatic hydroxyl groups excluding tert-OH is 3. The summed E-state index contributed by atoms with van der Waals surface area (Å²) in [7, 11) is 0. The van der Waals surface area contributed by atoms with E-state index < -0.39 is 43.0 Å². The smallest absolute Gasteiger partial charge is 0.254 e. The van der Waals surface area contributed by atoms with E-state index in [1.54, 1.807) is 17.8 Å². The molecule has 1 saturated heterocycles. The molecule has 1 aromatic rings. The van der Waals surface area contributed by atoms with E-state index in [4.69, 9.17) is 26.9 Å². The third-order valence-corrected chi connectivity index (χ3v) is 4.47. The molecule has 10 heteroatoms. The molecule has 1 aromatic heterocycles. The van der Waals surface area contributed by atoms with Gasteiger partial charge < -0.3 is 25.0 Å². The molecule has 1 amide bonds. The molecule has 0 aliphatic carbocycles. The Labute approximate surface area is 156 Å². The molecule has 5 atom stereocenters. The maximum absolute atomic E-state index is 12.5. The van der Waals surface area contributed by atoms with Gasteiger partial charge in [0.2, 0.25) is 0 Å². The highest BCUT2D eigenvalue weighted by molar-refractivity contribution is 7.78. The molecular formula is C16H25N3O6S. The number of carbonyl (C=O) groups excluding carboxylic acids is 1. The molecule has 0 saturated carbocycles. The van der Waals surface area contributed by atoms with Gasteiger partial charge in [-0.15, -0.1) is 0 Å². The quantitative estimate of drug-likeness (QED) is 0.214. The van der Waals surface area contributed by atoms with Gasteiger partial charge in [0.25, 0.3) is 5.91 Å². The number of imidazole rings is 1. The van der Waals surface area contributed by atoms with Crippen molar-refractivity contribution in [1.82, 2.24) is 15.4 Å². The van der Waals surface area contributed by atoms with Gasteiger partial charge in [-0.3, -0.25) is 4.79 Å². The number of hydrogen-bond acceptors (Lipinski definition) is 8. The van der Waals surface area contributed by atoms with Crippen LogP contribution in [0.2, 0.25) is 0 Å². The van der Waals surface area contributed by atoms with Crippen LogP contribution in [0.3, 0.4) is 0 Å². The van der Waals surface area contributed by atoms with Gasteiger partial charge in [-0.25, -0.2) is 15.3 Å². The highest BCUT2D eigenvalue weighted by atomic mass is 32.1. The van der Waals surface area contributed by atoms with Crippen LogP contribution in [0.5, 0.6) is 0 Å². The first-order valence-electron chi connectivity index (χ1n) is 8.57. The van der Waals surface area contributed by atoms with Crippen molar-refractivity contribution in [1.29, 1.82) is 0 Å². The summed E-state index contributed by atoms with van der Waals surface area (Å²) in [5.74, 6) is -0.392. The second-order valence-corrected chi connectivity index (χ2v) is 6.48. The largest absolute Gasteiger partial charge is 0.394 e. The van der Waals surface area contributed by atoms with E-state index in [9.17, 15) is 15.0 Å². The molecule has 1 aliphatic rings. The number of amides is 1. The van der Waals surface area contributed by atoms with Crippen molar-refractivity contribution in [2.75, 3.05) is 6.61 Å². The number of H-pyrrole nitrogens is 1. The summed E-state index contributed by atoms with van der Waals surface area (Å²) in [6.45, 7) is -0.471. The van der Waals surface area contributed by atoms with E-state index in [-0.39, 0.29) is 6.42 Å². The van der Waals surface area contributed by atoms with Gasteiger partial charge in [0.15, 0.2) is 6.29 Å². The second-order valence-electron chi connectivity index (χ2n) is 6.14. The Kier molecular flexibility index (Phi) is 8.55. The molecule has 0 spiro atoms.